The molecule has 1 amide bonds. The van der Waals surface area contributed by atoms with E-state index < -0.39 is 0 Å². The van der Waals surface area contributed by atoms with Gasteiger partial charge in [0.05, 0.1) is 6.04 Å². The molecule has 0 bridgehead atoms. The van der Waals surface area contributed by atoms with Gasteiger partial charge in [0, 0.05) is 36.6 Å². The predicted molar refractivity (Wildman–Crippen MR) is 157 cm³/mol. The molecule has 0 aliphatic heterocycles. The average Bonchev–Trinajstić information content (AvgIpc) is 3.26. The third kappa shape index (κ3) is 8.70. The van der Waals surface area contributed by atoms with Crippen LogP contribution in [0.1, 0.15) is 43.9 Å². The molecule has 3 aromatic carbocycles. The number of nitrogens with zero attached hydrogens (tertiary/aromatic N) is 1. The lowest BCUT2D eigenvalue weighted by Crippen LogP contribution is -2.37. The Labute approximate surface area is 227 Å². The summed E-state index contributed by atoms with van der Waals surface area (Å²) in [5, 5.41) is 7.56. The first-order valence-corrected chi connectivity index (χ1v) is 13.5. The number of fused-ring (bicyclic) bond motifs is 1. The zero-order valence-electron chi connectivity index (χ0n) is 23.1. The fraction of sp³-hybridized carbons (Fsp3) is 0.333. The third-order valence-electron chi connectivity index (χ3n) is 6.68. The first-order valence-electron chi connectivity index (χ1n) is 13.5. The Hall–Kier alpha value is -3.70. The maximum atomic E-state index is 12.0. The summed E-state index contributed by atoms with van der Waals surface area (Å²) in [6.45, 7) is 7.22. The molecule has 0 saturated carbocycles. The van der Waals surface area contributed by atoms with Gasteiger partial charge in [0.25, 0.3) is 0 Å². The van der Waals surface area contributed by atoms with Crippen LogP contribution in [0.5, 0.6) is 0 Å². The van der Waals surface area contributed by atoms with Gasteiger partial charge in [0.2, 0.25) is 5.91 Å². The number of rotatable bonds is 11. The molecule has 4 aromatic rings. The predicted octanol–water partition coefficient (Wildman–Crippen LogP) is 5.86. The summed E-state index contributed by atoms with van der Waals surface area (Å²) in [5.74, 6) is 0.306. The number of hydrogen-bond donors (Lipinski definition) is 2. The molecule has 2 unspecified atom stereocenters. The first-order chi connectivity index (χ1) is 18.4. The lowest BCUT2D eigenvalue weighted by molar-refractivity contribution is -0.124. The van der Waals surface area contributed by atoms with E-state index in [-0.39, 0.29) is 23.7 Å². The van der Waals surface area contributed by atoms with Crippen molar-refractivity contribution in [3.05, 3.63) is 108 Å². The molecule has 0 fully saturated rings. The van der Waals surface area contributed by atoms with Crippen LogP contribution in [0.4, 0.5) is 0 Å². The maximum Gasteiger partial charge on any atom is 0.223 e. The van der Waals surface area contributed by atoms with E-state index in [0.29, 0.717) is 6.54 Å². The Bertz CT molecular complexity index is 1280. The largest absolute Gasteiger partial charge is 0.352 e. The van der Waals surface area contributed by atoms with E-state index >= 15 is 0 Å². The van der Waals surface area contributed by atoms with E-state index in [1.54, 1.807) is 6.92 Å². The van der Waals surface area contributed by atoms with Crippen molar-refractivity contribution in [3.63, 3.8) is 0 Å². The zero-order chi connectivity index (χ0) is 27.3. The van der Waals surface area contributed by atoms with E-state index in [2.05, 4.69) is 52.6 Å². The smallest absolute Gasteiger partial charge is 0.223 e. The van der Waals surface area contributed by atoms with Crippen LogP contribution >= 0.6 is 0 Å². The first kappa shape index (κ1) is 28.9. The molecule has 4 rings (SSSR count). The van der Waals surface area contributed by atoms with Crippen LogP contribution in [0, 0.1) is 5.92 Å². The molecule has 5 nitrogen and oxygen atoms in total. The van der Waals surface area contributed by atoms with Crippen molar-refractivity contribution in [1.82, 2.24) is 15.2 Å². The Kier molecular flexibility index (Phi) is 11.3. The number of ketones is 1. The highest BCUT2D eigenvalue weighted by Crippen LogP contribution is 2.21. The number of hydrogen-bond acceptors (Lipinski definition) is 3. The van der Waals surface area contributed by atoms with Gasteiger partial charge in [0.1, 0.15) is 5.78 Å². The number of aromatic nitrogens is 1. The number of aryl methyl sites for hydroxylation is 1. The van der Waals surface area contributed by atoms with Crippen molar-refractivity contribution < 1.29 is 9.59 Å². The molecule has 2 N–H and O–H groups in total. The summed E-state index contributed by atoms with van der Waals surface area (Å²) < 4.78 is 2.13. The van der Waals surface area contributed by atoms with Crippen LogP contribution in [0.25, 0.3) is 10.9 Å². The standard InChI is InChI=1S/C17H19NO.C16H22N2O/c1-14(12-15-8-4-2-5-9-15)17(19)18-13-16-10-6-3-7-11-16;1-4-9-17-15(12(2)19)10-13-11-18(3)16-8-6-5-7-14(13)16/h2-11,14H,12-13H2,1H3,(H,18,19);5-8,11,15,17H,4,9-10H2,1-3H3. The van der Waals surface area contributed by atoms with E-state index in [1.807, 2.05) is 74.6 Å². The zero-order valence-corrected chi connectivity index (χ0v) is 23.1. The number of Topliss-reactive ketones (excluding diaryl/α,β-unsaturated/α-hetero) is 1. The summed E-state index contributed by atoms with van der Waals surface area (Å²) in [6, 6.07) is 28.3. The monoisotopic (exact) mass is 511 g/mol. The minimum Gasteiger partial charge on any atom is -0.352 e. The lowest BCUT2D eigenvalue weighted by atomic mass is 10.0. The number of carbonyl (C=O) groups is 2. The van der Waals surface area contributed by atoms with E-state index in [1.165, 1.54) is 22.0 Å². The highest BCUT2D eigenvalue weighted by Gasteiger charge is 2.17. The number of benzene rings is 3. The van der Waals surface area contributed by atoms with Crippen molar-refractivity contribution in [2.45, 2.75) is 52.6 Å². The van der Waals surface area contributed by atoms with Gasteiger partial charge in [-0.05, 0) is 55.5 Å². The van der Waals surface area contributed by atoms with Gasteiger partial charge in [0.15, 0.2) is 0 Å². The van der Waals surface area contributed by atoms with Gasteiger partial charge >= 0.3 is 0 Å². The van der Waals surface area contributed by atoms with Crippen molar-refractivity contribution >= 4 is 22.6 Å². The molecular formula is C33H41N3O2. The second-order valence-electron chi connectivity index (χ2n) is 9.90. The number of amides is 1. The van der Waals surface area contributed by atoms with Gasteiger partial charge in [-0.1, -0.05) is 92.7 Å². The van der Waals surface area contributed by atoms with Crippen LogP contribution in [0.15, 0.2) is 91.1 Å². The molecule has 0 aliphatic carbocycles. The van der Waals surface area contributed by atoms with Crippen LogP contribution in [-0.4, -0.2) is 28.8 Å². The summed E-state index contributed by atoms with van der Waals surface area (Å²) in [5.41, 5.74) is 4.78. The second kappa shape index (κ2) is 14.9. The van der Waals surface area contributed by atoms with Gasteiger partial charge in [-0.25, -0.2) is 0 Å². The molecule has 0 saturated heterocycles. The third-order valence-corrected chi connectivity index (χ3v) is 6.68. The molecule has 38 heavy (non-hydrogen) atoms. The molecule has 5 heteroatoms. The Morgan fingerprint density at radius 1 is 0.842 bits per heavy atom. The van der Waals surface area contributed by atoms with Crippen molar-refractivity contribution in [2.24, 2.45) is 13.0 Å². The SMILES string of the molecule is CC(Cc1ccccc1)C(=O)NCc1ccccc1.CCCNC(Cc1cn(C)c2ccccc12)C(C)=O. The summed E-state index contributed by atoms with van der Waals surface area (Å²) >= 11 is 0. The summed E-state index contributed by atoms with van der Waals surface area (Å²) in [4.78, 5) is 23.7. The topological polar surface area (TPSA) is 63.1 Å². The number of para-hydroxylation sites is 1. The molecule has 0 radical (unpaired) electrons. The van der Waals surface area contributed by atoms with Crippen LogP contribution in [0.2, 0.25) is 0 Å². The van der Waals surface area contributed by atoms with E-state index in [0.717, 1.165) is 31.4 Å². The second-order valence-corrected chi connectivity index (χ2v) is 9.90. The quantitative estimate of drug-likeness (QED) is 0.265. The Morgan fingerprint density at radius 3 is 2.08 bits per heavy atom. The fourth-order valence-corrected chi connectivity index (χ4v) is 4.51. The number of carbonyl (C=O) groups excluding carboxylic acids is 2. The normalized spacial score (nSPS) is 12.3. The molecule has 0 spiro atoms. The minimum atomic E-state index is -0.0780. The highest BCUT2D eigenvalue weighted by molar-refractivity contribution is 5.86. The number of nitrogens with one attached hydrogen (secondary N) is 2. The van der Waals surface area contributed by atoms with Crippen LogP contribution in [-0.2, 0) is 36.0 Å². The van der Waals surface area contributed by atoms with Crippen LogP contribution < -0.4 is 10.6 Å². The van der Waals surface area contributed by atoms with E-state index in [9.17, 15) is 9.59 Å². The molecule has 2 atom stereocenters. The van der Waals surface area contributed by atoms with Gasteiger partial charge in [-0.3, -0.25) is 9.59 Å². The van der Waals surface area contributed by atoms with Crippen molar-refractivity contribution in [3.8, 4) is 0 Å². The van der Waals surface area contributed by atoms with Crippen LogP contribution in [0.3, 0.4) is 0 Å². The molecule has 200 valence electrons. The Morgan fingerprint density at radius 2 is 1.45 bits per heavy atom. The van der Waals surface area contributed by atoms with Gasteiger partial charge in [-0.15, -0.1) is 0 Å². The fourth-order valence-electron chi connectivity index (χ4n) is 4.51. The molecule has 1 heterocycles. The molecular weight excluding hydrogens is 470 g/mol. The van der Waals surface area contributed by atoms with Crippen molar-refractivity contribution in [1.29, 1.82) is 0 Å². The molecule has 1 aromatic heterocycles. The summed E-state index contributed by atoms with van der Waals surface area (Å²) in [6.07, 6.45) is 4.71. The Balaban J connectivity index is 0.000000211. The minimum absolute atomic E-state index is 0.00823. The van der Waals surface area contributed by atoms with Gasteiger partial charge in [-0.2, -0.15) is 0 Å². The lowest BCUT2D eigenvalue weighted by Gasteiger charge is -2.14. The van der Waals surface area contributed by atoms with Crippen molar-refractivity contribution in [2.75, 3.05) is 6.54 Å². The molecule has 0 aliphatic rings. The van der Waals surface area contributed by atoms with E-state index in [4.69, 9.17) is 0 Å². The average molecular weight is 512 g/mol. The summed E-state index contributed by atoms with van der Waals surface area (Å²) in [7, 11) is 2.05. The maximum absolute atomic E-state index is 12.0. The highest BCUT2D eigenvalue weighted by atomic mass is 16.1. The van der Waals surface area contributed by atoms with Gasteiger partial charge < -0.3 is 15.2 Å².